The first-order valence-corrected chi connectivity index (χ1v) is 8.40. The summed E-state index contributed by atoms with van der Waals surface area (Å²) in [5, 5.41) is 8.89. The van der Waals surface area contributed by atoms with Gasteiger partial charge in [-0.3, -0.25) is 4.79 Å². The summed E-state index contributed by atoms with van der Waals surface area (Å²) < 4.78 is 5.94. The average molecular weight is 392 g/mol. The van der Waals surface area contributed by atoms with Crippen molar-refractivity contribution in [3.8, 4) is 22.9 Å². The molecule has 0 saturated heterocycles. The first kappa shape index (κ1) is 16.9. The zero-order valence-electron chi connectivity index (χ0n) is 13.5. The summed E-state index contributed by atoms with van der Waals surface area (Å²) in [5.74, 6) is 0.627. The molecule has 0 spiro atoms. The van der Waals surface area contributed by atoms with Crippen molar-refractivity contribution in [2.45, 2.75) is 0 Å². The van der Waals surface area contributed by atoms with E-state index in [1.54, 1.807) is 43.5 Å². The van der Waals surface area contributed by atoms with Crippen molar-refractivity contribution in [1.29, 1.82) is 5.26 Å². The third-order valence-corrected chi connectivity index (χ3v) is 4.51. The van der Waals surface area contributed by atoms with Crippen LogP contribution in [0.1, 0.15) is 21.5 Å². The average Bonchev–Trinajstić information content (AvgIpc) is 2.67. The van der Waals surface area contributed by atoms with Crippen molar-refractivity contribution >= 4 is 21.7 Å². The SMILES string of the molecule is COc1ccc(C(=O)c2cccc(-c3ccc(C#N)cc3)c2)cc1Br. The standard InChI is InChI=1S/C21H14BrNO2/c1-25-20-10-9-18(12-19(20)22)21(24)17-4-2-3-16(11-17)15-7-5-14(13-23)6-8-15/h2-12H,1H3. The third-order valence-electron chi connectivity index (χ3n) is 3.89. The maximum Gasteiger partial charge on any atom is 0.193 e. The predicted octanol–water partition coefficient (Wildman–Crippen LogP) is 5.23. The highest BCUT2D eigenvalue weighted by Crippen LogP contribution is 2.27. The zero-order valence-corrected chi connectivity index (χ0v) is 15.1. The van der Waals surface area contributed by atoms with E-state index in [0.717, 1.165) is 15.6 Å². The highest BCUT2D eigenvalue weighted by Gasteiger charge is 2.12. The minimum absolute atomic E-state index is 0.0566. The molecule has 0 aromatic heterocycles. The summed E-state index contributed by atoms with van der Waals surface area (Å²) in [6.45, 7) is 0. The van der Waals surface area contributed by atoms with Crippen molar-refractivity contribution in [3.63, 3.8) is 0 Å². The van der Waals surface area contributed by atoms with E-state index in [4.69, 9.17) is 10.00 Å². The van der Waals surface area contributed by atoms with Crippen molar-refractivity contribution in [2.75, 3.05) is 7.11 Å². The molecule has 0 amide bonds. The Bertz CT molecular complexity index is 972. The van der Waals surface area contributed by atoms with Crippen molar-refractivity contribution in [1.82, 2.24) is 0 Å². The van der Waals surface area contributed by atoms with E-state index in [2.05, 4.69) is 22.0 Å². The quantitative estimate of drug-likeness (QED) is 0.572. The van der Waals surface area contributed by atoms with Gasteiger partial charge in [-0.25, -0.2) is 0 Å². The smallest absolute Gasteiger partial charge is 0.193 e. The number of ketones is 1. The van der Waals surface area contributed by atoms with E-state index in [1.807, 2.05) is 30.3 Å². The first-order chi connectivity index (χ1) is 12.1. The molecular weight excluding hydrogens is 378 g/mol. The number of benzene rings is 3. The molecule has 0 bridgehead atoms. The van der Waals surface area contributed by atoms with Crippen LogP contribution in [0.2, 0.25) is 0 Å². The Balaban J connectivity index is 1.94. The minimum Gasteiger partial charge on any atom is -0.496 e. The summed E-state index contributed by atoms with van der Waals surface area (Å²) in [6, 6.07) is 22.1. The number of carbonyl (C=O) groups excluding carboxylic acids is 1. The molecule has 0 N–H and O–H groups in total. The molecule has 0 saturated carbocycles. The highest BCUT2D eigenvalue weighted by atomic mass is 79.9. The van der Waals surface area contributed by atoms with E-state index in [9.17, 15) is 4.79 Å². The fourth-order valence-corrected chi connectivity index (χ4v) is 3.09. The third kappa shape index (κ3) is 3.62. The lowest BCUT2D eigenvalue weighted by Crippen LogP contribution is -2.02. The van der Waals surface area contributed by atoms with Crippen LogP contribution < -0.4 is 4.74 Å². The number of hydrogen-bond donors (Lipinski definition) is 0. The van der Waals surface area contributed by atoms with Crippen molar-refractivity contribution < 1.29 is 9.53 Å². The second kappa shape index (κ2) is 7.33. The fourth-order valence-electron chi connectivity index (χ4n) is 2.55. The zero-order chi connectivity index (χ0) is 17.8. The van der Waals surface area contributed by atoms with E-state index in [1.165, 1.54) is 0 Å². The van der Waals surface area contributed by atoms with Gasteiger partial charge in [0.15, 0.2) is 5.78 Å². The van der Waals surface area contributed by atoms with Crippen LogP contribution in [-0.4, -0.2) is 12.9 Å². The second-order valence-corrected chi connectivity index (χ2v) is 6.30. The molecule has 0 unspecified atom stereocenters. The lowest BCUT2D eigenvalue weighted by atomic mass is 9.98. The monoisotopic (exact) mass is 391 g/mol. The van der Waals surface area contributed by atoms with Gasteiger partial charge in [0.05, 0.1) is 23.2 Å². The van der Waals surface area contributed by atoms with Crippen LogP contribution in [0.15, 0.2) is 71.2 Å². The molecule has 0 aliphatic rings. The van der Waals surface area contributed by atoms with Gasteiger partial charge in [-0.1, -0.05) is 30.3 Å². The lowest BCUT2D eigenvalue weighted by Gasteiger charge is -2.08. The molecule has 3 nitrogen and oxygen atoms in total. The van der Waals surface area contributed by atoms with Gasteiger partial charge in [0, 0.05) is 11.1 Å². The number of nitriles is 1. The number of carbonyl (C=O) groups is 1. The van der Waals surface area contributed by atoms with Gasteiger partial charge in [0.2, 0.25) is 0 Å². The molecule has 3 aromatic rings. The van der Waals surface area contributed by atoms with E-state index in [0.29, 0.717) is 22.4 Å². The molecule has 3 rings (SSSR count). The van der Waals surface area contributed by atoms with E-state index in [-0.39, 0.29) is 5.78 Å². The van der Waals surface area contributed by atoms with Crippen molar-refractivity contribution in [3.05, 3.63) is 87.9 Å². The molecule has 3 aromatic carbocycles. The molecule has 0 radical (unpaired) electrons. The van der Waals surface area contributed by atoms with Gasteiger partial charge < -0.3 is 4.74 Å². The Labute approximate surface area is 154 Å². The van der Waals surface area contributed by atoms with Crippen LogP contribution >= 0.6 is 15.9 Å². The largest absolute Gasteiger partial charge is 0.496 e. The van der Waals surface area contributed by atoms with Crippen LogP contribution in [0.4, 0.5) is 0 Å². The van der Waals surface area contributed by atoms with Crippen LogP contribution in [0.25, 0.3) is 11.1 Å². The molecule has 0 atom stereocenters. The summed E-state index contributed by atoms with van der Waals surface area (Å²) in [7, 11) is 1.59. The summed E-state index contributed by atoms with van der Waals surface area (Å²) in [5.41, 5.74) is 3.70. The minimum atomic E-state index is -0.0566. The molecular formula is C21H14BrNO2. The molecule has 0 aliphatic heterocycles. The summed E-state index contributed by atoms with van der Waals surface area (Å²) >= 11 is 3.41. The lowest BCUT2D eigenvalue weighted by molar-refractivity contribution is 0.103. The molecule has 4 heteroatoms. The Morgan fingerprint density at radius 2 is 1.68 bits per heavy atom. The Hall–Kier alpha value is -2.90. The number of halogens is 1. The van der Waals surface area contributed by atoms with Crippen LogP contribution in [0.3, 0.4) is 0 Å². The second-order valence-electron chi connectivity index (χ2n) is 5.45. The van der Waals surface area contributed by atoms with E-state index < -0.39 is 0 Å². The number of methoxy groups -OCH3 is 1. The first-order valence-electron chi connectivity index (χ1n) is 7.61. The van der Waals surface area contributed by atoms with Gasteiger partial charge in [-0.2, -0.15) is 5.26 Å². The number of hydrogen-bond acceptors (Lipinski definition) is 3. The molecule has 0 heterocycles. The molecule has 0 fully saturated rings. The Morgan fingerprint density at radius 1 is 0.960 bits per heavy atom. The number of rotatable bonds is 4. The molecule has 25 heavy (non-hydrogen) atoms. The number of ether oxygens (including phenoxy) is 1. The summed E-state index contributed by atoms with van der Waals surface area (Å²) in [6.07, 6.45) is 0. The highest BCUT2D eigenvalue weighted by molar-refractivity contribution is 9.10. The van der Waals surface area contributed by atoms with Gasteiger partial charge >= 0.3 is 0 Å². The maximum absolute atomic E-state index is 12.8. The van der Waals surface area contributed by atoms with E-state index >= 15 is 0 Å². The van der Waals surface area contributed by atoms with Crippen molar-refractivity contribution in [2.24, 2.45) is 0 Å². The number of nitrogens with zero attached hydrogens (tertiary/aromatic N) is 1. The van der Waals surface area contributed by atoms with Crippen LogP contribution in [0.5, 0.6) is 5.75 Å². The summed E-state index contributed by atoms with van der Waals surface area (Å²) in [4.78, 5) is 12.8. The molecule has 122 valence electrons. The van der Waals surface area contributed by atoms with Gasteiger partial charge in [-0.05, 0) is 63.5 Å². The Kier molecular flexibility index (Phi) is 4.97. The van der Waals surface area contributed by atoms with Crippen LogP contribution in [-0.2, 0) is 0 Å². The normalized spacial score (nSPS) is 10.1. The Morgan fingerprint density at radius 3 is 2.32 bits per heavy atom. The topological polar surface area (TPSA) is 50.1 Å². The fraction of sp³-hybridized carbons (Fsp3) is 0.0476. The predicted molar refractivity (Wildman–Crippen MR) is 101 cm³/mol. The van der Waals surface area contributed by atoms with Gasteiger partial charge in [0.1, 0.15) is 5.75 Å². The maximum atomic E-state index is 12.8. The molecule has 0 aliphatic carbocycles. The van der Waals surface area contributed by atoms with Crippen LogP contribution in [0, 0.1) is 11.3 Å². The van der Waals surface area contributed by atoms with Gasteiger partial charge in [0.25, 0.3) is 0 Å². The van der Waals surface area contributed by atoms with Gasteiger partial charge in [-0.15, -0.1) is 0 Å².